The van der Waals surface area contributed by atoms with Crippen molar-refractivity contribution in [1.29, 1.82) is 0 Å². The Labute approximate surface area is 138 Å². The van der Waals surface area contributed by atoms with Crippen molar-refractivity contribution in [3.05, 3.63) is 89.9 Å². The molecule has 0 saturated heterocycles. The van der Waals surface area contributed by atoms with E-state index in [1.54, 1.807) is 12.2 Å². The fourth-order valence-electron chi connectivity index (χ4n) is 2.13. The zero-order chi connectivity index (χ0) is 16.5. The molecular formula is C19H21NO2S. The topological polar surface area (TPSA) is 37.4 Å². The monoisotopic (exact) mass is 327 g/mol. The summed E-state index contributed by atoms with van der Waals surface area (Å²) in [5.41, 5.74) is 1.83. The second kappa shape index (κ2) is 8.46. The van der Waals surface area contributed by atoms with Crippen LogP contribution in [0.15, 0.2) is 78.7 Å². The van der Waals surface area contributed by atoms with Crippen LogP contribution < -0.4 is 0 Å². The quantitative estimate of drug-likeness (QED) is 0.686. The number of benzene rings is 2. The lowest BCUT2D eigenvalue weighted by Gasteiger charge is -2.19. The first-order valence-corrected chi connectivity index (χ1v) is 9.00. The van der Waals surface area contributed by atoms with Crippen LogP contribution in [0.25, 0.3) is 6.08 Å². The highest BCUT2D eigenvalue weighted by Crippen LogP contribution is 2.13. The van der Waals surface area contributed by atoms with Crippen LogP contribution in [0.3, 0.4) is 0 Å². The summed E-state index contributed by atoms with van der Waals surface area (Å²) in [6.45, 7) is 4.45. The third-order valence-electron chi connectivity index (χ3n) is 3.38. The van der Waals surface area contributed by atoms with Crippen LogP contribution in [0, 0.1) is 0 Å². The molecular weight excluding hydrogens is 306 g/mol. The Kier molecular flexibility index (Phi) is 6.32. The molecule has 0 aromatic heterocycles. The van der Waals surface area contributed by atoms with Gasteiger partial charge < -0.3 is 0 Å². The van der Waals surface area contributed by atoms with Gasteiger partial charge in [0.1, 0.15) is 0 Å². The fraction of sp³-hybridized carbons (Fsp3) is 0.158. The van der Waals surface area contributed by atoms with Gasteiger partial charge in [-0.05, 0) is 23.6 Å². The Hall–Kier alpha value is -2.17. The molecule has 0 aliphatic carbocycles. The van der Waals surface area contributed by atoms with E-state index in [0.717, 1.165) is 11.1 Å². The van der Waals surface area contributed by atoms with Gasteiger partial charge in [0, 0.05) is 18.5 Å². The van der Waals surface area contributed by atoms with E-state index >= 15 is 0 Å². The van der Waals surface area contributed by atoms with Gasteiger partial charge in [0.05, 0.1) is 0 Å². The zero-order valence-corrected chi connectivity index (χ0v) is 13.8. The summed E-state index contributed by atoms with van der Waals surface area (Å²) in [5, 5.41) is 1.27. The lowest BCUT2D eigenvalue weighted by atomic mass is 10.2. The van der Waals surface area contributed by atoms with Crippen LogP contribution in [0.2, 0.25) is 0 Å². The van der Waals surface area contributed by atoms with E-state index in [0.29, 0.717) is 19.5 Å². The highest BCUT2D eigenvalue weighted by atomic mass is 32.2. The van der Waals surface area contributed by atoms with Crippen LogP contribution in [0.1, 0.15) is 17.5 Å². The molecule has 2 rings (SSSR count). The predicted molar refractivity (Wildman–Crippen MR) is 96.1 cm³/mol. The smallest absolute Gasteiger partial charge is 0.207 e. The lowest BCUT2D eigenvalue weighted by molar-refractivity contribution is 0.418. The first-order valence-electron chi connectivity index (χ1n) is 7.50. The number of nitrogens with zero attached hydrogens (tertiary/aromatic N) is 1. The van der Waals surface area contributed by atoms with E-state index in [-0.39, 0.29) is 0 Å². The average Bonchev–Trinajstić information content (AvgIpc) is 2.58. The Morgan fingerprint density at radius 3 is 2.17 bits per heavy atom. The van der Waals surface area contributed by atoms with Crippen LogP contribution in [-0.4, -0.2) is 19.3 Å². The molecule has 2 aromatic carbocycles. The van der Waals surface area contributed by atoms with Crippen molar-refractivity contribution in [3.8, 4) is 0 Å². The second-order valence-electron chi connectivity index (χ2n) is 5.15. The highest BCUT2D eigenvalue weighted by Gasteiger charge is 2.18. The molecule has 0 aliphatic rings. The zero-order valence-electron chi connectivity index (χ0n) is 13.0. The van der Waals surface area contributed by atoms with E-state index in [1.807, 2.05) is 60.7 Å². The SMILES string of the molecule is C=CCCN(Cc1ccccc1)S(=O)(=O)/C=C/c1ccccc1. The van der Waals surface area contributed by atoms with Crippen LogP contribution in [0.5, 0.6) is 0 Å². The molecule has 0 fully saturated rings. The molecule has 0 unspecified atom stereocenters. The molecule has 0 saturated carbocycles. The van der Waals surface area contributed by atoms with Crippen LogP contribution in [0.4, 0.5) is 0 Å². The van der Waals surface area contributed by atoms with E-state index < -0.39 is 10.0 Å². The third-order valence-corrected chi connectivity index (χ3v) is 4.89. The van der Waals surface area contributed by atoms with E-state index in [4.69, 9.17) is 0 Å². The summed E-state index contributed by atoms with van der Waals surface area (Å²) < 4.78 is 26.7. The maximum Gasteiger partial charge on any atom is 0.236 e. The van der Waals surface area contributed by atoms with Crippen molar-refractivity contribution >= 4 is 16.1 Å². The van der Waals surface area contributed by atoms with Gasteiger partial charge in [-0.3, -0.25) is 0 Å². The van der Waals surface area contributed by atoms with Crippen LogP contribution in [-0.2, 0) is 16.6 Å². The standard InChI is InChI=1S/C19H21NO2S/c1-2-3-15-20(17-19-12-8-5-9-13-19)23(21,22)16-14-18-10-6-4-7-11-18/h2,4-14,16H,1,3,15,17H2/b16-14+. The maximum atomic E-state index is 12.6. The first kappa shape index (κ1) is 17.2. The summed E-state index contributed by atoms with van der Waals surface area (Å²) in [6, 6.07) is 19.0. The number of sulfonamides is 1. The Balaban J connectivity index is 2.19. The molecule has 0 amide bonds. The summed E-state index contributed by atoms with van der Waals surface area (Å²) in [6.07, 6.45) is 3.97. The van der Waals surface area contributed by atoms with Crippen molar-refractivity contribution in [2.24, 2.45) is 0 Å². The summed E-state index contributed by atoms with van der Waals surface area (Å²) in [5.74, 6) is 0. The first-order chi connectivity index (χ1) is 11.1. The summed E-state index contributed by atoms with van der Waals surface area (Å²) in [4.78, 5) is 0. The van der Waals surface area contributed by atoms with Gasteiger partial charge in [0.15, 0.2) is 0 Å². The van der Waals surface area contributed by atoms with Crippen molar-refractivity contribution < 1.29 is 8.42 Å². The minimum absolute atomic E-state index is 0.357. The Bertz CT molecular complexity index is 737. The van der Waals surface area contributed by atoms with Gasteiger partial charge in [-0.25, -0.2) is 8.42 Å². The largest absolute Gasteiger partial charge is 0.236 e. The third kappa shape index (κ3) is 5.51. The van der Waals surface area contributed by atoms with Gasteiger partial charge >= 0.3 is 0 Å². The predicted octanol–water partition coefficient (Wildman–Crippen LogP) is 4.07. The van der Waals surface area contributed by atoms with Crippen LogP contribution >= 0.6 is 0 Å². The molecule has 0 spiro atoms. The van der Waals surface area contributed by atoms with Crippen molar-refractivity contribution in [2.45, 2.75) is 13.0 Å². The molecule has 3 nitrogen and oxygen atoms in total. The number of hydrogen-bond acceptors (Lipinski definition) is 2. The lowest BCUT2D eigenvalue weighted by Crippen LogP contribution is -2.29. The molecule has 23 heavy (non-hydrogen) atoms. The van der Waals surface area contributed by atoms with Gasteiger partial charge in [-0.1, -0.05) is 66.7 Å². The number of hydrogen-bond donors (Lipinski definition) is 0. The minimum atomic E-state index is -3.49. The second-order valence-corrected chi connectivity index (χ2v) is 6.97. The molecule has 0 heterocycles. The summed E-state index contributed by atoms with van der Waals surface area (Å²) >= 11 is 0. The molecule has 0 N–H and O–H groups in total. The van der Waals surface area contributed by atoms with Crippen molar-refractivity contribution in [3.63, 3.8) is 0 Å². The van der Waals surface area contributed by atoms with Gasteiger partial charge in [0.2, 0.25) is 10.0 Å². The summed E-state index contributed by atoms with van der Waals surface area (Å²) in [7, 11) is -3.49. The van der Waals surface area contributed by atoms with Gasteiger partial charge in [0.25, 0.3) is 0 Å². The molecule has 0 aliphatic heterocycles. The van der Waals surface area contributed by atoms with Gasteiger partial charge in [-0.2, -0.15) is 4.31 Å². The van der Waals surface area contributed by atoms with E-state index in [1.165, 1.54) is 9.71 Å². The molecule has 0 atom stereocenters. The minimum Gasteiger partial charge on any atom is -0.207 e. The van der Waals surface area contributed by atoms with E-state index in [9.17, 15) is 8.42 Å². The molecule has 2 aromatic rings. The van der Waals surface area contributed by atoms with E-state index in [2.05, 4.69) is 6.58 Å². The molecule has 0 radical (unpaired) electrons. The number of rotatable bonds is 8. The Morgan fingerprint density at radius 2 is 1.57 bits per heavy atom. The molecule has 4 heteroatoms. The average molecular weight is 327 g/mol. The van der Waals surface area contributed by atoms with Gasteiger partial charge in [-0.15, -0.1) is 6.58 Å². The fourth-order valence-corrected chi connectivity index (χ4v) is 3.32. The highest BCUT2D eigenvalue weighted by molar-refractivity contribution is 7.92. The van der Waals surface area contributed by atoms with Crippen molar-refractivity contribution in [1.82, 2.24) is 4.31 Å². The van der Waals surface area contributed by atoms with Crippen molar-refractivity contribution in [2.75, 3.05) is 6.54 Å². The molecule has 0 bridgehead atoms. The maximum absolute atomic E-state index is 12.6. The molecule has 120 valence electrons. The normalized spacial score (nSPS) is 11.9. The Morgan fingerprint density at radius 1 is 0.957 bits per heavy atom.